The molecule has 13 nitrogen and oxygen atoms in total. The number of carbonyl (C=O) groups excluding carboxylic acids is 4. The van der Waals surface area contributed by atoms with Crippen molar-refractivity contribution in [2.24, 2.45) is 10.2 Å². The summed E-state index contributed by atoms with van der Waals surface area (Å²) in [7, 11) is 3.58. The number of aromatic hydroxyl groups is 1. The lowest BCUT2D eigenvalue weighted by Gasteiger charge is -2.19. The summed E-state index contributed by atoms with van der Waals surface area (Å²) < 4.78 is 15.0. The van der Waals surface area contributed by atoms with E-state index in [1.54, 1.807) is 54.6 Å². The van der Waals surface area contributed by atoms with Crippen molar-refractivity contribution in [1.82, 2.24) is 4.68 Å². The standard InChI is InChI=1S/C19H18N2O5.C18H14N2O4/c1-25-18(23)12-17(22)21(20-13-14-8-4-3-5-9-14)16-11-7-6-10-15(16)19(24)26-2;1-24-18(23)15-16(21)13-9-5-6-10-14(13)20(17(15)22)19-11-12-7-3-2-4-8-12/h3-11,13H,12H2,1-2H3;2-11,21H,1H3/b20-13+;19-11+. The molecule has 0 saturated carbocycles. The third kappa shape index (κ3) is 8.72. The van der Waals surface area contributed by atoms with Crippen molar-refractivity contribution in [2.75, 3.05) is 26.3 Å². The van der Waals surface area contributed by atoms with Crippen molar-refractivity contribution in [3.05, 3.63) is 142 Å². The second-order valence-corrected chi connectivity index (χ2v) is 10.1. The van der Waals surface area contributed by atoms with E-state index in [4.69, 9.17) is 4.74 Å². The maximum Gasteiger partial charge on any atom is 0.347 e. The number of aromatic nitrogens is 1. The van der Waals surface area contributed by atoms with E-state index in [9.17, 15) is 29.1 Å². The van der Waals surface area contributed by atoms with Crippen molar-refractivity contribution in [3.8, 4) is 5.75 Å². The summed E-state index contributed by atoms with van der Waals surface area (Å²) in [6, 6.07) is 31.3. The number of esters is 3. The molecule has 0 unspecified atom stereocenters. The van der Waals surface area contributed by atoms with E-state index >= 15 is 0 Å². The van der Waals surface area contributed by atoms with Gasteiger partial charge < -0.3 is 19.3 Å². The summed E-state index contributed by atoms with van der Waals surface area (Å²) in [5.41, 5.74) is 1.10. The zero-order valence-electron chi connectivity index (χ0n) is 27.3. The summed E-state index contributed by atoms with van der Waals surface area (Å²) in [4.78, 5) is 60.6. The number of rotatable bonds is 9. The van der Waals surface area contributed by atoms with Gasteiger partial charge in [0.05, 0.1) is 50.5 Å². The molecule has 254 valence electrons. The van der Waals surface area contributed by atoms with Crippen molar-refractivity contribution in [3.63, 3.8) is 0 Å². The van der Waals surface area contributed by atoms with Crippen LogP contribution in [0.5, 0.6) is 5.75 Å². The van der Waals surface area contributed by atoms with Gasteiger partial charge in [0.2, 0.25) is 0 Å². The Labute approximate surface area is 286 Å². The van der Waals surface area contributed by atoms with Crippen LogP contribution in [0.3, 0.4) is 0 Å². The number of para-hydroxylation sites is 2. The molecule has 0 spiro atoms. The van der Waals surface area contributed by atoms with E-state index < -0.39 is 47.1 Å². The van der Waals surface area contributed by atoms with Crippen LogP contribution in [-0.4, -0.2) is 67.4 Å². The lowest BCUT2D eigenvalue weighted by atomic mass is 10.1. The van der Waals surface area contributed by atoms with Gasteiger partial charge in [0, 0.05) is 5.39 Å². The lowest BCUT2D eigenvalue weighted by Crippen LogP contribution is -2.29. The Morgan fingerprint density at radius 2 is 1.28 bits per heavy atom. The van der Waals surface area contributed by atoms with Crippen molar-refractivity contribution in [2.45, 2.75) is 6.42 Å². The third-order valence-corrected chi connectivity index (χ3v) is 6.96. The van der Waals surface area contributed by atoms with Crippen LogP contribution in [0.2, 0.25) is 0 Å². The highest BCUT2D eigenvalue weighted by molar-refractivity contribution is 6.07. The number of nitrogens with zero attached hydrogens (tertiary/aromatic N) is 4. The minimum absolute atomic E-state index is 0.151. The van der Waals surface area contributed by atoms with Gasteiger partial charge in [-0.05, 0) is 35.4 Å². The number of hydrazone groups is 1. The van der Waals surface area contributed by atoms with E-state index in [0.717, 1.165) is 27.9 Å². The van der Waals surface area contributed by atoms with Crippen LogP contribution in [-0.2, 0) is 23.8 Å². The van der Waals surface area contributed by atoms with E-state index in [2.05, 4.69) is 19.7 Å². The van der Waals surface area contributed by atoms with Crippen LogP contribution in [0.15, 0.2) is 124 Å². The molecule has 0 aliphatic carbocycles. The van der Waals surface area contributed by atoms with E-state index in [1.807, 2.05) is 48.5 Å². The van der Waals surface area contributed by atoms with Gasteiger partial charge in [-0.25, -0.2) is 9.59 Å². The topological polar surface area (TPSA) is 166 Å². The Kier molecular flexibility index (Phi) is 12.5. The molecule has 13 heteroatoms. The largest absolute Gasteiger partial charge is 0.506 e. The first-order chi connectivity index (χ1) is 24.2. The molecule has 4 aromatic carbocycles. The summed E-state index contributed by atoms with van der Waals surface area (Å²) in [5, 5.41) is 20.0. The fourth-order valence-corrected chi connectivity index (χ4v) is 4.51. The first-order valence-electron chi connectivity index (χ1n) is 14.9. The minimum atomic E-state index is -0.910. The Bertz CT molecular complexity index is 2110. The van der Waals surface area contributed by atoms with Crippen LogP contribution in [0.25, 0.3) is 10.9 Å². The summed E-state index contributed by atoms with van der Waals surface area (Å²) in [5.74, 6) is -3.28. The number of methoxy groups -OCH3 is 3. The molecule has 1 amide bonds. The van der Waals surface area contributed by atoms with Crippen molar-refractivity contribution >= 4 is 52.8 Å². The van der Waals surface area contributed by atoms with Crippen LogP contribution >= 0.6 is 0 Å². The molecule has 50 heavy (non-hydrogen) atoms. The molecule has 0 aliphatic rings. The molecule has 0 saturated heterocycles. The fourth-order valence-electron chi connectivity index (χ4n) is 4.51. The zero-order chi connectivity index (χ0) is 36.0. The predicted octanol–water partition coefficient (Wildman–Crippen LogP) is 4.78. The molecule has 1 N–H and O–H groups in total. The molecular weight excluding hydrogens is 644 g/mol. The molecule has 0 radical (unpaired) electrons. The number of hydrogen-bond acceptors (Lipinski definition) is 11. The minimum Gasteiger partial charge on any atom is -0.506 e. The fraction of sp³-hybridized carbons (Fsp3) is 0.108. The Balaban J connectivity index is 0.000000225. The van der Waals surface area contributed by atoms with Gasteiger partial charge in [-0.1, -0.05) is 84.9 Å². The molecular formula is C37H32N4O9. The van der Waals surface area contributed by atoms with Gasteiger partial charge in [0.25, 0.3) is 11.5 Å². The normalized spacial score (nSPS) is 10.7. The quantitative estimate of drug-likeness (QED) is 0.0760. The second kappa shape index (κ2) is 17.3. The van der Waals surface area contributed by atoms with E-state index in [1.165, 1.54) is 32.7 Å². The number of pyridine rings is 1. The first kappa shape index (κ1) is 36.0. The number of anilines is 1. The average molecular weight is 677 g/mol. The Morgan fingerprint density at radius 3 is 1.90 bits per heavy atom. The Morgan fingerprint density at radius 1 is 0.720 bits per heavy atom. The van der Waals surface area contributed by atoms with E-state index in [-0.39, 0.29) is 11.3 Å². The van der Waals surface area contributed by atoms with Gasteiger partial charge in [-0.3, -0.25) is 14.4 Å². The Hall–Kier alpha value is -6.89. The highest BCUT2D eigenvalue weighted by Gasteiger charge is 2.24. The molecule has 0 fully saturated rings. The monoisotopic (exact) mass is 676 g/mol. The molecule has 5 rings (SSSR count). The molecule has 0 aliphatic heterocycles. The molecule has 1 heterocycles. The second-order valence-electron chi connectivity index (χ2n) is 10.1. The number of amides is 1. The van der Waals surface area contributed by atoms with Gasteiger partial charge in [-0.2, -0.15) is 19.9 Å². The van der Waals surface area contributed by atoms with Gasteiger partial charge >= 0.3 is 17.9 Å². The maximum absolute atomic E-state index is 12.6. The van der Waals surface area contributed by atoms with Crippen LogP contribution < -0.4 is 10.6 Å². The number of carbonyl (C=O) groups is 4. The van der Waals surface area contributed by atoms with Crippen LogP contribution in [0.1, 0.15) is 38.3 Å². The smallest absolute Gasteiger partial charge is 0.347 e. The molecule has 0 bridgehead atoms. The maximum atomic E-state index is 12.6. The number of hydrogen-bond donors (Lipinski definition) is 1. The molecule has 1 aromatic heterocycles. The number of fused-ring (bicyclic) bond motifs is 1. The molecule has 0 atom stereocenters. The molecule has 5 aromatic rings. The zero-order valence-corrected chi connectivity index (χ0v) is 27.3. The summed E-state index contributed by atoms with van der Waals surface area (Å²) in [6.07, 6.45) is 2.45. The third-order valence-electron chi connectivity index (χ3n) is 6.96. The predicted molar refractivity (Wildman–Crippen MR) is 187 cm³/mol. The first-order valence-corrected chi connectivity index (χ1v) is 14.9. The van der Waals surface area contributed by atoms with Crippen molar-refractivity contribution in [1.29, 1.82) is 0 Å². The highest BCUT2D eigenvalue weighted by Crippen LogP contribution is 2.27. The van der Waals surface area contributed by atoms with Gasteiger partial charge in [0.1, 0.15) is 12.2 Å². The SMILES string of the molecule is COC(=O)CC(=O)N(/N=C/c1ccccc1)c1ccccc1C(=O)OC.COC(=O)c1c(O)c2ccccc2n(/N=C/c2ccccc2)c1=O. The van der Waals surface area contributed by atoms with Gasteiger partial charge in [0.15, 0.2) is 5.56 Å². The lowest BCUT2D eigenvalue weighted by molar-refractivity contribution is -0.143. The van der Waals surface area contributed by atoms with E-state index in [0.29, 0.717) is 10.9 Å². The average Bonchev–Trinajstić information content (AvgIpc) is 3.15. The van der Waals surface area contributed by atoms with Crippen molar-refractivity contribution < 1.29 is 38.5 Å². The summed E-state index contributed by atoms with van der Waals surface area (Å²) >= 11 is 0. The summed E-state index contributed by atoms with van der Waals surface area (Å²) in [6.45, 7) is 0. The van der Waals surface area contributed by atoms with Gasteiger partial charge in [-0.15, -0.1) is 0 Å². The van der Waals surface area contributed by atoms with Crippen LogP contribution in [0.4, 0.5) is 5.69 Å². The highest BCUT2D eigenvalue weighted by atomic mass is 16.5. The number of benzene rings is 4. The van der Waals surface area contributed by atoms with Crippen LogP contribution in [0, 0.1) is 0 Å². The number of ether oxygens (including phenoxy) is 3.